The molecule has 5 aromatic rings. The fourth-order valence-electron chi connectivity index (χ4n) is 6.23. The number of halogens is 2. The van der Waals surface area contributed by atoms with E-state index in [2.05, 4.69) is 25.5 Å². The summed E-state index contributed by atoms with van der Waals surface area (Å²) in [6, 6.07) is 16.8. The number of aromatic amines is 1. The number of hydrogen-bond acceptors (Lipinski definition) is 6. The summed E-state index contributed by atoms with van der Waals surface area (Å²) in [6.45, 7) is 4.28. The third kappa shape index (κ3) is 6.52. The van der Waals surface area contributed by atoms with E-state index >= 15 is 0 Å². The van der Waals surface area contributed by atoms with Crippen LogP contribution < -0.4 is 5.32 Å². The molecule has 47 heavy (non-hydrogen) atoms. The van der Waals surface area contributed by atoms with Gasteiger partial charge in [-0.1, -0.05) is 12.1 Å². The first kappa shape index (κ1) is 30.4. The number of fused-ring (bicyclic) bond motifs is 1. The van der Waals surface area contributed by atoms with E-state index in [1.54, 1.807) is 35.5 Å². The number of anilines is 1. The molecule has 0 radical (unpaired) electrons. The van der Waals surface area contributed by atoms with E-state index < -0.39 is 0 Å². The van der Waals surface area contributed by atoms with Crippen molar-refractivity contribution in [3.8, 4) is 22.6 Å². The van der Waals surface area contributed by atoms with Gasteiger partial charge in [-0.25, -0.2) is 18.7 Å². The molecular weight excluding hydrogens is 600 g/mol. The Bertz CT molecular complexity index is 1990. The van der Waals surface area contributed by atoms with E-state index in [9.17, 15) is 18.4 Å². The predicted molar refractivity (Wildman–Crippen MR) is 176 cm³/mol. The molecular formula is C36H33F2N7O2. The highest BCUT2D eigenvalue weighted by Crippen LogP contribution is 2.30. The van der Waals surface area contributed by atoms with E-state index in [0.29, 0.717) is 61.8 Å². The largest absolute Gasteiger partial charge is 0.338 e. The van der Waals surface area contributed by atoms with Crippen molar-refractivity contribution in [3.05, 3.63) is 102 Å². The maximum absolute atomic E-state index is 15.0. The molecule has 7 rings (SSSR count). The van der Waals surface area contributed by atoms with Crippen LogP contribution >= 0.6 is 0 Å². The molecule has 0 unspecified atom stereocenters. The average molecular weight is 634 g/mol. The van der Waals surface area contributed by atoms with Crippen LogP contribution in [0.2, 0.25) is 0 Å². The van der Waals surface area contributed by atoms with Crippen molar-refractivity contribution in [1.29, 1.82) is 0 Å². The lowest BCUT2D eigenvalue weighted by Gasteiger charge is -2.28. The summed E-state index contributed by atoms with van der Waals surface area (Å²) in [5, 5.41) is 11.2. The van der Waals surface area contributed by atoms with Gasteiger partial charge in [-0.15, -0.1) is 0 Å². The van der Waals surface area contributed by atoms with Crippen LogP contribution in [0.15, 0.2) is 79.1 Å². The van der Waals surface area contributed by atoms with E-state index in [1.807, 2.05) is 42.2 Å². The molecule has 1 atom stereocenters. The van der Waals surface area contributed by atoms with E-state index in [-0.39, 0.29) is 35.9 Å². The SMILES string of the molecule is Cc1cnc(-c2ccc(C3=CCN(C(=O)CN4CC[C@@H](C(=O)Nc5ccc6[nH]nc(-c7ccc(F)cc7)c6c5)C4)CC3)cc2F)nc1. The van der Waals surface area contributed by atoms with Crippen LogP contribution in [0.1, 0.15) is 24.0 Å². The van der Waals surface area contributed by atoms with Gasteiger partial charge in [-0.2, -0.15) is 5.10 Å². The Labute approximate surface area is 270 Å². The molecule has 2 aromatic heterocycles. The first-order valence-corrected chi connectivity index (χ1v) is 15.6. The Hall–Kier alpha value is -5.29. The smallest absolute Gasteiger partial charge is 0.237 e. The molecule has 2 amide bonds. The number of benzene rings is 3. The Morgan fingerprint density at radius 2 is 1.77 bits per heavy atom. The molecule has 3 aromatic carbocycles. The molecule has 1 fully saturated rings. The second-order valence-corrected chi connectivity index (χ2v) is 12.1. The van der Waals surface area contributed by atoms with Crippen molar-refractivity contribution in [2.24, 2.45) is 5.92 Å². The summed E-state index contributed by atoms with van der Waals surface area (Å²) >= 11 is 0. The Morgan fingerprint density at radius 3 is 2.51 bits per heavy atom. The Morgan fingerprint density at radius 1 is 0.979 bits per heavy atom. The molecule has 11 heteroatoms. The molecule has 2 aliphatic rings. The number of carbonyl (C=O) groups excluding carboxylic acids is 2. The van der Waals surface area contributed by atoms with Crippen LogP contribution in [0.5, 0.6) is 0 Å². The first-order valence-electron chi connectivity index (χ1n) is 15.6. The topological polar surface area (TPSA) is 107 Å². The van der Waals surface area contributed by atoms with Crippen LogP contribution in [0.25, 0.3) is 39.1 Å². The van der Waals surface area contributed by atoms with Gasteiger partial charge in [0, 0.05) is 48.7 Å². The van der Waals surface area contributed by atoms with Crippen LogP contribution in [0.4, 0.5) is 14.5 Å². The number of likely N-dealkylation sites (tertiary alicyclic amines) is 1. The first-order chi connectivity index (χ1) is 22.8. The van der Waals surface area contributed by atoms with Gasteiger partial charge in [0.1, 0.15) is 11.6 Å². The van der Waals surface area contributed by atoms with Gasteiger partial charge in [0.2, 0.25) is 11.8 Å². The summed E-state index contributed by atoms with van der Waals surface area (Å²) in [4.78, 5) is 38.6. The minimum atomic E-state index is -0.379. The highest BCUT2D eigenvalue weighted by molar-refractivity contribution is 5.99. The summed E-state index contributed by atoms with van der Waals surface area (Å²) < 4.78 is 28.4. The normalized spacial score (nSPS) is 16.8. The molecule has 2 aliphatic heterocycles. The monoisotopic (exact) mass is 633 g/mol. The van der Waals surface area contributed by atoms with E-state index in [1.165, 1.54) is 18.2 Å². The quantitative estimate of drug-likeness (QED) is 0.233. The third-order valence-electron chi connectivity index (χ3n) is 8.87. The number of hydrogen-bond donors (Lipinski definition) is 2. The molecule has 238 valence electrons. The maximum Gasteiger partial charge on any atom is 0.237 e. The minimum Gasteiger partial charge on any atom is -0.338 e. The van der Waals surface area contributed by atoms with Crippen molar-refractivity contribution in [2.45, 2.75) is 19.8 Å². The minimum absolute atomic E-state index is 0.0122. The maximum atomic E-state index is 15.0. The fourth-order valence-corrected chi connectivity index (χ4v) is 6.23. The second-order valence-electron chi connectivity index (χ2n) is 12.1. The van der Waals surface area contributed by atoms with Crippen molar-refractivity contribution >= 4 is 34.0 Å². The lowest BCUT2D eigenvalue weighted by Crippen LogP contribution is -2.41. The molecule has 2 N–H and O–H groups in total. The number of carbonyl (C=O) groups is 2. The van der Waals surface area contributed by atoms with Gasteiger partial charge in [-0.3, -0.25) is 19.6 Å². The molecule has 1 saturated heterocycles. The molecule has 0 bridgehead atoms. The van der Waals surface area contributed by atoms with Crippen LogP contribution in [-0.2, 0) is 9.59 Å². The van der Waals surface area contributed by atoms with Gasteiger partial charge < -0.3 is 10.2 Å². The van der Waals surface area contributed by atoms with E-state index in [0.717, 1.165) is 33.2 Å². The average Bonchev–Trinajstić information content (AvgIpc) is 3.73. The second kappa shape index (κ2) is 12.8. The summed E-state index contributed by atoms with van der Waals surface area (Å²) in [5.74, 6) is -0.669. The van der Waals surface area contributed by atoms with Gasteiger partial charge in [0.15, 0.2) is 5.82 Å². The number of amides is 2. The van der Waals surface area contributed by atoms with Gasteiger partial charge in [0.25, 0.3) is 0 Å². The number of nitrogens with one attached hydrogen (secondary N) is 2. The van der Waals surface area contributed by atoms with Gasteiger partial charge in [-0.05, 0) is 97.6 Å². The number of nitrogens with zero attached hydrogens (tertiary/aromatic N) is 5. The van der Waals surface area contributed by atoms with Crippen molar-refractivity contribution in [2.75, 3.05) is 38.0 Å². The number of H-pyrrole nitrogens is 1. The fraction of sp³-hybridized carbons (Fsp3) is 0.250. The molecule has 0 spiro atoms. The third-order valence-corrected chi connectivity index (χ3v) is 8.87. The predicted octanol–water partition coefficient (Wildman–Crippen LogP) is 5.85. The zero-order valence-corrected chi connectivity index (χ0v) is 25.8. The summed E-state index contributed by atoms with van der Waals surface area (Å²) in [6.07, 6.45) is 6.60. The molecule has 0 saturated carbocycles. The molecule has 0 aliphatic carbocycles. The zero-order valence-electron chi connectivity index (χ0n) is 25.8. The lowest BCUT2D eigenvalue weighted by atomic mass is 9.98. The van der Waals surface area contributed by atoms with Gasteiger partial charge in [0.05, 0.1) is 29.2 Å². The van der Waals surface area contributed by atoms with Crippen LogP contribution in [0.3, 0.4) is 0 Å². The Kier molecular flexibility index (Phi) is 8.30. The molecule has 9 nitrogen and oxygen atoms in total. The molecule has 4 heterocycles. The highest BCUT2D eigenvalue weighted by atomic mass is 19.1. The summed E-state index contributed by atoms with van der Waals surface area (Å²) in [7, 11) is 0. The number of aryl methyl sites for hydroxylation is 1. The van der Waals surface area contributed by atoms with E-state index in [4.69, 9.17) is 0 Å². The van der Waals surface area contributed by atoms with Crippen molar-refractivity contribution in [3.63, 3.8) is 0 Å². The standard InChI is InChI=1S/C36H33F2N7O2/c1-22-18-39-35(40-19-22)29-8-4-25(16-31(29)38)23-11-14-45(15-12-23)33(46)21-44-13-10-26(20-44)36(47)41-28-7-9-32-30(17-28)34(43-42-32)24-2-5-27(37)6-3-24/h2-9,11,16-19,26H,10,12-15,20-21H2,1H3,(H,41,47)(H,42,43)/t26-/m1/s1. The highest BCUT2D eigenvalue weighted by Gasteiger charge is 2.31. The Balaban J connectivity index is 0.926. The summed E-state index contributed by atoms with van der Waals surface area (Å²) in [5.41, 5.74) is 5.97. The zero-order chi connectivity index (χ0) is 32.5. The lowest BCUT2D eigenvalue weighted by molar-refractivity contribution is -0.132. The number of rotatable bonds is 7. The van der Waals surface area contributed by atoms with Crippen molar-refractivity contribution < 1.29 is 18.4 Å². The van der Waals surface area contributed by atoms with Gasteiger partial charge >= 0.3 is 0 Å². The number of aromatic nitrogens is 4. The van der Waals surface area contributed by atoms with Crippen LogP contribution in [0, 0.1) is 24.5 Å². The van der Waals surface area contributed by atoms with Crippen molar-refractivity contribution in [1.82, 2.24) is 30.0 Å². The van der Waals surface area contributed by atoms with Crippen LogP contribution in [-0.4, -0.2) is 74.5 Å².